The van der Waals surface area contributed by atoms with Crippen molar-refractivity contribution in [2.24, 2.45) is 0 Å². The molecule has 0 aliphatic carbocycles. The molecule has 2 heterocycles. The second-order valence-corrected chi connectivity index (χ2v) is 1.83. The summed E-state index contributed by atoms with van der Waals surface area (Å²) in [6.07, 6.45) is 1.33. The van der Waals surface area contributed by atoms with Crippen LogP contribution in [0.15, 0.2) is 6.33 Å². The van der Waals surface area contributed by atoms with Gasteiger partial charge in [0.05, 0.1) is 6.67 Å². The van der Waals surface area contributed by atoms with Gasteiger partial charge in [-0.2, -0.15) is 4.98 Å². The Bertz CT molecular complexity index is 266. The Hall–Kier alpha value is -1.59. The maximum absolute atomic E-state index is 10.9. The number of amides is 1. The Labute approximate surface area is 56.2 Å². The third-order valence-electron chi connectivity index (χ3n) is 1.23. The van der Waals surface area contributed by atoms with Gasteiger partial charge in [-0.15, -0.1) is 9.78 Å². The number of rotatable bonds is 0. The van der Waals surface area contributed by atoms with Gasteiger partial charge in [0, 0.05) is 0 Å². The highest BCUT2D eigenvalue weighted by Crippen LogP contribution is 2.01. The zero-order valence-corrected chi connectivity index (χ0v) is 5.03. The summed E-state index contributed by atoms with van der Waals surface area (Å²) < 4.78 is 1.17. The quantitative estimate of drug-likeness (QED) is 0.494. The predicted octanol–water partition coefficient (Wildman–Crippen LogP) is -0.781. The number of hydrogen-bond donors (Lipinski definition) is 2. The molecule has 6 nitrogen and oxygen atoms in total. The van der Waals surface area contributed by atoms with E-state index >= 15 is 0 Å². The molecule has 6 heteroatoms. The Morgan fingerprint density at radius 1 is 1.60 bits per heavy atom. The summed E-state index contributed by atoms with van der Waals surface area (Å²) in [4.78, 5) is 14.6. The Kier molecular flexibility index (Phi) is 0.883. The van der Waals surface area contributed by atoms with Crippen molar-refractivity contribution >= 4 is 12.0 Å². The minimum absolute atomic E-state index is 0.244. The summed E-state index contributed by atoms with van der Waals surface area (Å²) in [5.74, 6) is 0.490. The van der Waals surface area contributed by atoms with Crippen LogP contribution in [0, 0.1) is 0 Å². The van der Waals surface area contributed by atoms with Gasteiger partial charge < -0.3 is 10.6 Å². The molecule has 0 bridgehead atoms. The van der Waals surface area contributed by atoms with Crippen molar-refractivity contribution in [3.05, 3.63) is 6.33 Å². The SMILES string of the molecule is O=C1NCNc2ncnn21. The maximum Gasteiger partial charge on any atom is 0.346 e. The van der Waals surface area contributed by atoms with Crippen LogP contribution in [-0.4, -0.2) is 27.5 Å². The zero-order chi connectivity index (χ0) is 6.97. The smallest absolute Gasteiger partial charge is 0.337 e. The van der Waals surface area contributed by atoms with Crippen molar-refractivity contribution in [3.8, 4) is 0 Å². The fourth-order valence-electron chi connectivity index (χ4n) is 0.784. The molecule has 2 rings (SSSR count). The van der Waals surface area contributed by atoms with Crippen LogP contribution < -0.4 is 10.6 Å². The van der Waals surface area contributed by atoms with E-state index in [1.807, 2.05) is 0 Å². The fourth-order valence-corrected chi connectivity index (χ4v) is 0.784. The summed E-state index contributed by atoms with van der Waals surface area (Å²) in [6.45, 7) is 0.414. The number of aromatic nitrogens is 3. The number of fused-ring (bicyclic) bond motifs is 1. The largest absolute Gasteiger partial charge is 0.346 e. The molecule has 0 spiro atoms. The van der Waals surface area contributed by atoms with Crippen molar-refractivity contribution in [2.45, 2.75) is 0 Å². The lowest BCUT2D eigenvalue weighted by Gasteiger charge is -2.13. The summed E-state index contributed by atoms with van der Waals surface area (Å²) in [5.41, 5.74) is 0. The van der Waals surface area contributed by atoms with Crippen molar-refractivity contribution < 1.29 is 4.79 Å². The Morgan fingerprint density at radius 2 is 2.50 bits per heavy atom. The van der Waals surface area contributed by atoms with E-state index in [1.54, 1.807) is 0 Å². The molecule has 0 fully saturated rings. The molecule has 52 valence electrons. The summed E-state index contributed by atoms with van der Waals surface area (Å²) in [5, 5.41) is 9.03. The molecule has 10 heavy (non-hydrogen) atoms. The Morgan fingerprint density at radius 3 is 3.30 bits per heavy atom. The highest BCUT2D eigenvalue weighted by atomic mass is 16.2. The first kappa shape index (κ1) is 5.21. The van der Waals surface area contributed by atoms with Crippen LogP contribution in [0.2, 0.25) is 0 Å². The molecule has 0 saturated carbocycles. The second kappa shape index (κ2) is 1.69. The Balaban J connectivity index is 2.50. The van der Waals surface area contributed by atoms with Gasteiger partial charge in [-0.05, 0) is 0 Å². The van der Waals surface area contributed by atoms with Crippen molar-refractivity contribution in [2.75, 3.05) is 12.0 Å². The van der Waals surface area contributed by atoms with Crippen LogP contribution >= 0.6 is 0 Å². The van der Waals surface area contributed by atoms with Gasteiger partial charge in [-0.1, -0.05) is 0 Å². The third-order valence-corrected chi connectivity index (χ3v) is 1.23. The lowest BCUT2D eigenvalue weighted by Crippen LogP contribution is -2.39. The van der Waals surface area contributed by atoms with E-state index in [0.717, 1.165) is 0 Å². The lowest BCUT2D eigenvalue weighted by molar-refractivity contribution is 0.239. The van der Waals surface area contributed by atoms with Gasteiger partial charge in [0.15, 0.2) is 0 Å². The van der Waals surface area contributed by atoms with E-state index in [2.05, 4.69) is 20.7 Å². The van der Waals surface area contributed by atoms with Crippen LogP contribution in [0.1, 0.15) is 0 Å². The van der Waals surface area contributed by atoms with Crippen LogP contribution in [0.4, 0.5) is 10.7 Å². The molecule has 1 amide bonds. The average molecular weight is 139 g/mol. The number of carbonyl (C=O) groups excluding carboxylic acids is 1. The molecule has 0 unspecified atom stereocenters. The average Bonchev–Trinajstić information content (AvgIpc) is 2.36. The highest BCUT2D eigenvalue weighted by molar-refractivity contribution is 5.80. The van der Waals surface area contributed by atoms with Crippen LogP contribution in [0.3, 0.4) is 0 Å². The summed E-state index contributed by atoms with van der Waals surface area (Å²) >= 11 is 0. The zero-order valence-electron chi connectivity index (χ0n) is 5.03. The summed E-state index contributed by atoms with van der Waals surface area (Å²) in [6, 6.07) is -0.244. The first-order valence-corrected chi connectivity index (χ1v) is 2.80. The van der Waals surface area contributed by atoms with Crippen molar-refractivity contribution in [3.63, 3.8) is 0 Å². The van der Waals surface area contributed by atoms with Gasteiger partial charge in [0.2, 0.25) is 5.95 Å². The molecular formula is C4H5N5O. The van der Waals surface area contributed by atoms with E-state index < -0.39 is 0 Å². The molecule has 1 aromatic heterocycles. The van der Waals surface area contributed by atoms with Crippen LogP contribution in [0.25, 0.3) is 0 Å². The van der Waals surface area contributed by atoms with E-state index in [1.165, 1.54) is 11.0 Å². The monoisotopic (exact) mass is 139 g/mol. The highest BCUT2D eigenvalue weighted by Gasteiger charge is 2.15. The first-order chi connectivity index (χ1) is 4.88. The fraction of sp³-hybridized carbons (Fsp3) is 0.250. The summed E-state index contributed by atoms with van der Waals surface area (Å²) in [7, 11) is 0. The topological polar surface area (TPSA) is 71.8 Å². The van der Waals surface area contributed by atoms with Crippen LogP contribution in [0.5, 0.6) is 0 Å². The number of anilines is 1. The van der Waals surface area contributed by atoms with Crippen molar-refractivity contribution in [1.29, 1.82) is 0 Å². The molecule has 1 aromatic rings. The van der Waals surface area contributed by atoms with Gasteiger partial charge in [-0.25, -0.2) is 4.79 Å². The van der Waals surface area contributed by atoms with E-state index in [0.29, 0.717) is 12.6 Å². The predicted molar refractivity (Wildman–Crippen MR) is 32.4 cm³/mol. The van der Waals surface area contributed by atoms with Gasteiger partial charge in [-0.3, -0.25) is 0 Å². The molecule has 2 N–H and O–H groups in total. The standard InChI is InChI=1S/C4H5N5O/c10-4-7-1-5-3-6-2-8-9(3)4/h2H,1H2,(H,7,10)(H,5,6,8). The number of nitrogens with zero attached hydrogens (tertiary/aromatic N) is 3. The molecule has 0 radical (unpaired) electrons. The molecule has 0 aromatic carbocycles. The molecule has 1 aliphatic heterocycles. The number of hydrogen-bond acceptors (Lipinski definition) is 4. The van der Waals surface area contributed by atoms with E-state index in [-0.39, 0.29) is 6.03 Å². The van der Waals surface area contributed by atoms with E-state index in [4.69, 9.17) is 0 Å². The van der Waals surface area contributed by atoms with Gasteiger partial charge in [0.25, 0.3) is 0 Å². The number of nitrogens with one attached hydrogen (secondary N) is 2. The minimum Gasteiger partial charge on any atom is -0.337 e. The van der Waals surface area contributed by atoms with Crippen LogP contribution in [-0.2, 0) is 0 Å². The maximum atomic E-state index is 10.9. The van der Waals surface area contributed by atoms with Gasteiger partial charge >= 0.3 is 6.03 Å². The second-order valence-electron chi connectivity index (χ2n) is 1.83. The van der Waals surface area contributed by atoms with Gasteiger partial charge in [0.1, 0.15) is 6.33 Å². The molecule has 0 atom stereocenters. The molecule has 1 aliphatic rings. The normalized spacial score (nSPS) is 15.4. The van der Waals surface area contributed by atoms with E-state index in [9.17, 15) is 4.79 Å². The number of carbonyl (C=O) groups is 1. The lowest BCUT2D eigenvalue weighted by atomic mass is 10.7. The first-order valence-electron chi connectivity index (χ1n) is 2.80. The molecule has 0 saturated heterocycles. The molecular weight excluding hydrogens is 134 g/mol. The minimum atomic E-state index is -0.244. The third kappa shape index (κ3) is 0.554. The van der Waals surface area contributed by atoms with Crippen molar-refractivity contribution in [1.82, 2.24) is 20.1 Å².